The molecule has 37 heavy (non-hydrogen) atoms. The molecule has 3 rings (SSSR count). The molecule has 0 radical (unpaired) electrons. The largest absolute Gasteiger partial charge is 0.425 e. The summed E-state index contributed by atoms with van der Waals surface area (Å²) in [5, 5.41) is 20.3. The Kier molecular flexibility index (Phi) is 11.6. The Balaban J connectivity index is 1.38. The first kappa shape index (κ1) is 28.4. The molecule has 5 nitrogen and oxygen atoms in total. The van der Waals surface area contributed by atoms with Crippen LogP contribution in [-0.4, -0.2) is 34.2 Å². The number of ether oxygens (including phenoxy) is 1. The van der Waals surface area contributed by atoms with Crippen LogP contribution in [0.15, 0.2) is 66.7 Å². The van der Waals surface area contributed by atoms with Crippen LogP contribution >= 0.6 is 0 Å². The van der Waals surface area contributed by atoms with Gasteiger partial charge in [-0.05, 0) is 74.1 Å². The third-order valence-electron chi connectivity index (χ3n) is 6.81. The number of aliphatic hydroxyl groups excluding tert-OH is 2. The van der Waals surface area contributed by atoms with E-state index >= 15 is 0 Å². The van der Waals surface area contributed by atoms with Crippen molar-refractivity contribution < 1.29 is 24.5 Å². The van der Waals surface area contributed by atoms with Crippen LogP contribution in [0.5, 0.6) is 5.75 Å². The summed E-state index contributed by atoms with van der Waals surface area (Å²) in [6.45, 7) is 2.06. The van der Waals surface area contributed by atoms with Crippen molar-refractivity contribution in [3.8, 4) is 28.7 Å². The maximum absolute atomic E-state index is 12.4. The highest BCUT2D eigenvalue weighted by Gasteiger charge is 2.33. The zero-order valence-electron chi connectivity index (χ0n) is 21.6. The lowest BCUT2D eigenvalue weighted by molar-refractivity contribution is -0.144. The van der Waals surface area contributed by atoms with Gasteiger partial charge in [0.05, 0.1) is 0 Å². The Labute approximate surface area is 220 Å². The Morgan fingerprint density at radius 2 is 1.78 bits per heavy atom. The number of hydrogen-bond donors (Lipinski definition) is 2. The van der Waals surface area contributed by atoms with Crippen LogP contribution in [-0.2, 0) is 9.59 Å². The Bertz CT molecular complexity index is 1080. The van der Waals surface area contributed by atoms with E-state index in [0.29, 0.717) is 31.4 Å². The molecule has 1 saturated carbocycles. The molecule has 1 fully saturated rings. The van der Waals surface area contributed by atoms with Crippen LogP contribution in [0.1, 0.15) is 64.7 Å². The van der Waals surface area contributed by atoms with Crippen molar-refractivity contribution in [3.05, 3.63) is 66.7 Å². The van der Waals surface area contributed by atoms with Gasteiger partial charge in [-0.2, -0.15) is 0 Å². The monoisotopic (exact) mass is 502 g/mol. The van der Waals surface area contributed by atoms with Crippen molar-refractivity contribution in [2.24, 2.45) is 11.8 Å². The first-order valence-electron chi connectivity index (χ1n) is 13.4. The van der Waals surface area contributed by atoms with Gasteiger partial charge in [-0.25, -0.2) is 4.79 Å². The van der Waals surface area contributed by atoms with E-state index in [0.717, 1.165) is 36.8 Å². The maximum atomic E-state index is 12.4. The van der Waals surface area contributed by atoms with Gasteiger partial charge in [-0.1, -0.05) is 67.5 Å². The molecule has 196 valence electrons. The van der Waals surface area contributed by atoms with Gasteiger partial charge in [0.15, 0.2) is 6.10 Å². The molecule has 5 heteroatoms. The van der Waals surface area contributed by atoms with Gasteiger partial charge >= 0.3 is 5.97 Å². The van der Waals surface area contributed by atoms with Crippen LogP contribution in [0.4, 0.5) is 0 Å². The van der Waals surface area contributed by atoms with E-state index in [9.17, 15) is 19.8 Å². The minimum absolute atomic E-state index is 0.0270. The minimum atomic E-state index is -1.21. The molecule has 0 amide bonds. The van der Waals surface area contributed by atoms with Gasteiger partial charge in [0.2, 0.25) is 0 Å². The summed E-state index contributed by atoms with van der Waals surface area (Å²) < 4.78 is 5.32. The van der Waals surface area contributed by atoms with Crippen molar-refractivity contribution in [2.45, 2.75) is 76.9 Å². The molecular weight excluding hydrogens is 464 g/mol. The summed E-state index contributed by atoms with van der Waals surface area (Å²) in [6, 6.07) is 17.1. The van der Waals surface area contributed by atoms with Crippen molar-refractivity contribution in [1.29, 1.82) is 0 Å². The van der Waals surface area contributed by atoms with Gasteiger partial charge < -0.3 is 14.9 Å². The summed E-state index contributed by atoms with van der Waals surface area (Å²) in [6.07, 6.45) is 8.08. The van der Waals surface area contributed by atoms with Crippen LogP contribution in [0.25, 0.3) is 11.1 Å². The van der Waals surface area contributed by atoms with E-state index < -0.39 is 18.2 Å². The van der Waals surface area contributed by atoms with Crippen LogP contribution in [0, 0.1) is 23.7 Å². The topological polar surface area (TPSA) is 83.8 Å². The molecule has 1 aliphatic carbocycles. The second kappa shape index (κ2) is 15.1. The molecule has 0 aromatic heterocycles. The van der Waals surface area contributed by atoms with Crippen LogP contribution < -0.4 is 4.74 Å². The molecule has 0 spiro atoms. The average Bonchev–Trinajstić information content (AvgIpc) is 3.27. The Morgan fingerprint density at radius 1 is 1.05 bits per heavy atom. The number of carbonyl (C=O) groups is 2. The Hall–Kier alpha value is -3.20. The zero-order valence-corrected chi connectivity index (χ0v) is 21.6. The lowest BCUT2D eigenvalue weighted by Gasteiger charge is -2.17. The second-order valence-corrected chi connectivity index (χ2v) is 9.65. The highest BCUT2D eigenvalue weighted by Crippen LogP contribution is 2.35. The number of allylic oxidation sites excluding steroid dienone is 2. The number of carbonyl (C=O) groups excluding carboxylic acids is 2. The smallest absolute Gasteiger partial charge is 0.340 e. The average molecular weight is 503 g/mol. The Morgan fingerprint density at radius 3 is 2.51 bits per heavy atom. The number of Topliss-reactive ketones (excluding diaryl/α,β-unsaturated/α-hetero) is 1. The lowest BCUT2D eigenvalue weighted by atomic mass is 9.87. The highest BCUT2D eigenvalue weighted by atomic mass is 16.5. The quantitative estimate of drug-likeness (QED) is 0.164. The van der Waals surface area contributed by atoms with Crippen molar-refractivity contribution in [1.82, 2.24) is 0 Å². The van der Waals surface area contributed by atoms with Crippen molar-refractivity contribution in [3.63, 3.8) is 0 Å². The van der Waals surface area contributed by atoms with E-state index in [1.165, 1.54) is 0 Å². The number of aliphatic hydroxyl groups is 2. The molecule has 1 aliphatic rings. The van der Waals surface area contributed by atoms with Gasteiger partial charge in [-0.3, -0.25) is 4.79 Å². The number of rotatable bonds is 12. The molecule has 0 saturated heterocycles. The number of esters is 1. The fraction of sp³-hybridized carbons (Fsp3) is 0.438. The zero-order chi connectivity index (χ0) is 26.5. The molecule has 2 aromatic rings. The van der Waals surface area contributed by atoms with Gasteiger partial charge in [0.1, 0.15) is 17.6 Å². The minimum Gasteiger partial charge on any atom is -0.425 e. The first-order valence-corrected chi connectivity index (χ1v) is 13.4. The van der Waals surface area contributed by atoms with Crippen LogP contribution in [0.2, 0.25) is 0 Å². The summed E-state index contributed by atoms with van der Waals surface area (Å²) >= 11 is 0. The number of hydrogen-bond acceptors (Lipinski definition) is 5. The number of unbranched alkanes of at least 4 members (excludes halogenated alkanes) is 1. The number of ketones is 1. The second-order valence-electron chi connectivity index (χ2n) is 9.65. The third kappa shape index (κ3) is 9.31. The van der Waals surface area contributed by atoms with Crippen molar-refractivity contribution >= 4 is 11.8 Å². The predicted octanol–water partition coefficient (Wildman–Crippen LogP) is 5.89. The molecular formula is C32H38O5. The van der Waals surface area contributed by atoms with E-state index in [-0.39, 0.29) is 24.0 Å². The molecule has 2 N–H and O–H groups in total. The predicted molar refractivity (Wildman–Crippen MR) is 146 cm³/mol. The first-order chi connectivity index (χ1) is 18.0. The normalized spacial score (nSPS) is 18.8. The standard InChI is InChI=1S/C32H38O5/c1-2-3-6-13-27(33)20-16-26-19-23-30(34)29(26)14-9-5-10-15-31(35)32(36)37-28-21-17-25(18-22-28)24-11-7-4-8-12-24/h4-5,7-9,11-12,17-18,21-22,26-27,29,31,33,35H,2-3,10,14-16,19-20,23H2,1H3/t26-,27?,29+,31?/m0/s1. The van der Waals surface area contributed by atoms with E-state index in [1.807, 2.05) is 54.6 Å². The molecule has 0 heterocycles. The SMILES string of the molecule is CCCC#CC(O)CC[C@H]1CCC(=O)[C@@H]1CC=CCCC(O)C(=O)Oc1ccc(-c2ccccc2)cc1. The molecule has 2 aromatic carbocycles. The van der Waals surface area contributed by atoms with E-state index in [2.05, 4.69) is 18.8 Å². The van der Waals surface area contributed by atoms with E-state index in [4.69, 9.17) is 4.74 Å². The van der Waals surface area contributed by atoms with E-state index in [1.54, 1.807) is 12.1 Å². The third-order valence-corrected chi connectivity index (χ3v) is 6.81. The molecule has 0 aliphatic heterocycles. The fourth-order valence-corrected chi connectivity index (χ4v) is 4.67. The summed E-state index contributed by atoms with van der Waals surface area (Å²) in [5.74, 6) is 6.12. The lowest BCUT2D eigenvalue weighted by Crippen LogP contribution is -2.25. The maximum Gasteiger partial charge on any atom is 0.340 e. The summed E-state index contributed by atoms with van der Waals surface area (Å²) in [4.78, 5) is 24.6. The number of benzene rings is 2. The molecule has 2 unspecified atom stereocenters. The molecule has 4 atom stereocenters. The fourth-order valence-electron chi connectivity index (χ4n) is 4.67. The van der Waals surface area contributed by atoms with Crippen LogP contribution in [0.3, 0.4) is 0 Å². The molecule has 0 bridgehead atoms. The summed E-state index contributed by atoms with van der Waals surface area (Å²) in [5.41, 5.74) is 2.10. The highest BCUT2D eigenvalue weighted by molar-refractivity contribution is 5.83. The van der Waals surface area contributed by atoms with Gasteiger partial charge in [-0.15, -0.1) is 5.92 Å². The van der Waals surface area contributed by atoms with Gasteiger partial charge in [0, 0.05) is 18.8 Å². The van der Waals surface area contributed by atoms with Gasteiger partial charge in [0.25, 0.3) is 0 Å². The van der Waals surface area contributed by atoms with Crippen molar-refractivity contribution in [2.75, 3.05) is 0 Å². The summed E-state index contributed by atoms with van der Waals surface area (Å²) in [7, 11) is 0.